The Bertz CT molecular complexity index is 436. The molecule has 1 rings (SSSR count). The number of likely N-dealkylation sites (N-methyl/N-ethyl adjacent to an activating group) is 1. The zero-order valence-corrected chi connectivity index (χ0v) is 11.5. The molecule has 0 fully saturated rings. The summed E-state index contributed by atoms with van der Waals surface area (Å²) in [5, 5.41) is 2.82. The summed E-state index contributed by atoms with van der Waals surface area (Å²) in [7, 11) is 1.81. The van der Waals surface area contributed by atoms with Crippen LogP contribution in [0.2, 0.25) is 0 Å². The maximum atomic E-state index is 11.6. The molecule has 0 aliphatic rings. The van der Waals surface area contributed by atoms with Crippen LogP contribution in [0.15, 0.2) is 18.5 Å². The highest BCUT2D eigenvalue weighted by Crippen LogP contribution is 2.17. The molecule has 0 aliphatic heterocycles. The van der Waals surface area contributed by atoms with Crippen molar-refractivity contribution >= 4 is 28.8 Å². The highest BCUT2D eigenvalue weighted by Gasteiger charge is 2.12. The Labute approximate surface area is 112 Å². The molecular weight excluding hydrogens is 248 g/mol. The molecule has 0 spiro atoms. The van der Waals surface area contributed by atoms with Gasteiger partial charge >= 0.3 is 0 Å². The number of hydrogen-bond donors (Lipinski definition) is 2. The lowest BCUT2D eigenvalue weighted by atomic mass is 10.2. The van der Waals surface area contributed by atoms with Crippen LogP contribution in [-0.2, 0) is 4.79 Å². The number of carbonyl (C=O) groups is 1. The van der Waals surface area contributed by atoms with E-state index >= 15 is 0 Å². The number of rotatable bonds is 6. The first-order valence-corrected chi connectivity index (χ1v) is 6.18. The van der Waals surface area contributed by atoms with E-state index in [4.69, 9.17) is 18.0 Å². The van der Waals surface area contributed by atoms with E-state index in [-0.39, 0.29) is 12.5 Å². The smallest absolute Gasteiger partial charge is 0.239 e. The molecule has 0 saturated carbocycles. The van der Waals surface area contributed by atoms with Gasteiger partial charge in [-0.1, -0.05) is 19.1 Å². The van der Waals surface area contributed by atoms with Crippen LogP contribution in [0, 0.1) is 0 Å². The summed E-state index contributed by atoms with van der Waals surface area (Å²) < 4.78 is 0. The summed E-state index contributed by atoms with van der Waals surface area (Å²) in [5.74, 6) is -0.0305. The van der Waals surface area contributed by atoms with Crippen molar-refractivity contribution in [1.82, 2.24) is 10.3 Å². The van der Waals surface area contributed by atoms with Crippen LogP contribution >= 0.6 is 12.2 Å². The maximum Gasteiger partial charge on any atom is 0.239 e. The Morgan fingerprint density at radius 3 is 2.94 bits per heavy atom. The lowest BCUT2D eigenvalue weighted by Crippen LogP contribution is -2.36. The lowest BCUT2D eigenvalue weighted by Gasteiger charge is -2.20. The van der Waals surface area contributed by atoms with Crippen molar-refractivity contribution in [2.24, 2.45) is 5.73 Å². The quantitative estimate of drug-likeness (QED) is 0.741. The number of amides is 1. The molecule has 18 heavy (non-hydrogen) atoms. The number of aromatic nitrogens is 1. The largest absolute Gasteiger partial charge is 0.389 e. The first-order valence-electron chi connectivity index (χ1n) is 5.78. The van der Waals surface area contributed by atoms with Gasteiger partial charge in [-0.2, -0.15) is 0 Å². The second-order valence-electron chi connectivity index (χ2n) is 3.96. The van der Waals surface area contributed by atoms with Gasteiger partial charge < -0.3 is 16.0 Å². The van der Waals surface area contributed by atoms with Crippen molar-refractivity contribution in [3.63, 3.8) is 0 Å². The minimum Gasteiger partial charge on any atom is -0.389 e. The standard InChI is InChI=1S/C12H18N4OS/c1-3-5-15-11(17)8-16(2)10-7-14-6-4-9(10)12(13)18/h4,6-7H,3,5,8H2,1-2H3,(H2,13,18)(H,15,17). The van der Waals surface area contributed by atoms with Crippen LogP contribution in [-0.4, -0.2) is 36.0 Å². The van der Waals surface area contributed by atoms with Crippen molar-refractivity contribution in [2.45, 2.75) is 13.3 Å². The van der Waals surface area contributed by atoms with E-state index in [2.05, 4.69) is 10.3 Å². The number of nitrogens with one attached hydrogen (secondary N) is 1. The van der Waals surface area contributed by atoms with Gasteiger partial charge in [-0.15, -0.1) is 0 Å². The third-order valence-electron chi connectivity index (χ3n) is 2.43. The molecule has 0 atom stereocenters. The molecule has 0 unspecified atom stereocenters. The van der Waals surface area contributed by atoms with E-state index in [1.807, 2.05) is 14.0 Å². The molecular formula is C12H18N4OS. The van der Waals surface area contributed by atoms with E-state index in [0.29, 0.717) is 11.5 Å². The Balaban J connectivity index is 2.75. The summed E-state index contributed by atoms with van der Waals surface area (Å²) >= 11 is 4.98. The summed E-state index contributed by atoms with van der Waals surface area (Å²) in [6.07, 6.45) is 4.20. The number of anilines is 1. The zero-order chi connectivity index (χ0) is 13.5. The topological polar surface area (TPSA) is 71.2 Å². The third-order valence-corrected chi connectivity index (χ3v) is 2.65. The molecule has 0 saturated heterocycles. The van der Waals surface area contributed by atoms with E-state index in [1.165, 1.54) is 0 Å². The summed E-state index contributed by atoms with van der Waals surface area (Å²) in [5.41, 5.74) is 7.13. The normalized spacial score (nSPS) is 9.89. The first-order chi connectivity index (χ1) is 8.56. The van der Waals surface area contributed by atoms with Crippen LogP contribution in [0.25, 0.3) is 0 Å². The lowest BCUT2D eigenvalue weighted by molar-refractivity contribution is -0.119. The van der Waals surface area contributed by atoms with Crippen molar-refractivity contribution in [3.8, 4) is 0 Å². The number of pyridine rings is 1. The molecule has 0 aliphatic carbocycles. The van der Waals surface area contributed by atoms with Crippen molar-refractivity contribution in [1.29, 1.82) is 0 Å². The van der Waals surface area contributed by atoms with Crippen LogP contribution in [0.1, 0.15) is 18.9 Å². The highest BCUT2D eigenvalue weighted by molar-refractivity contribution is 7.80. The predicted octanol–water partition coefficient (Wildman–Crippen LogP) is 0.678. The highest BCUT2D eigenvalue weighted by atomic mass is 32.1. The molecule has 6 heteroatoms. The number of carbonyl (C=O) groups excluding carboxylic acids is 1. The molecule has 5 nitrogen and oxygen atoms in total. The van der Waals surface area contributed by atoms with Crippen molar-refractivity contribution in [2.75, 3.05) is 25.0 Å². The van der Waals surface area contributed by atoms with Crippen LogP contribution in [0.3, 0.4) is 0 Å². The Kier molecular flexibility index (Phi) is 5.51. The van der Waals surface area contributed by atoms with Gasteiger partial charge in [0, 0.05) is 25.4 Å². The molecule has 0 aromatic carbocycles. The SMILES string of the molecule is CCCNC(=O)CN(C)c1cnccc1C(N)=S. The number of thiocarbonyl (C=S) groups is 1. The first kappa shape index (κ1) is 14.4. The average Bonchev–Trinajstić information content (AvgIpc) is 2.36. The summed E-state index contributed by atoms with van der Waals surface area (Å²) in [6, 6.07) is 1.75. The second kappa shape index (κ2) is 6.90. The monoisotopic (exact) mass is 266 g/mol. The molecule has 98 valence electrons. The fourth-order valence-corrected chi connectivity index (χ4v) is 1.69. The van der Waals surface area contributed by atoms with Gasteiger partial charge in [0.05, 0.1) is 18.4 Å². The number of nitrogens with two attached hydrogens (primary N) is 1. The van der Waals surface area contributed by atoms with E-state index < -0.39 is 0 Å². The minimum absolute atomic E-state index is 0.0305. The van der Waals surface area contributed by atoms with Crippen LogP contribution in [0.5, 0.6) is 0 Å². The van der Waals surface area contributed by atoms with Crippen molar-refractivity contribution < 1.29 is 4.79 Å². The maximum absolute atomic E-state index is 11.6. The Hall–Kier alpha value is -1.69. The fraction of sp³-hybridized carbons (Fsp3) is 0.417. The molecule has 1 heterocycles. The van der Waals surface area contributed by atoms with E-state index in [1.54, 1.807) is 23.4 Å². The van der Waals surface area contributed by atoms with Gasteiger partial charge in [-0.05, 0) is 12.5 Å². The van der Waals surface area contributed by atoms with Gasteiger partial charge in [0.2, 0.25) is 5.91 Å². The van der Waals surface area contributed by atoms with Gasteiger partial charge in [-0.3, -0.25) is 9.78 Å². The molecule has 3 N–H and O–H groups in total. The molecule has 1 aromatic heterocycles. The molecule has 0 bridgehead atoms. The number of nitrogens with zero attached hydrogens (tertiary/aromatic N) is 2. The number of hydrogen-bond acceptors (Lipinski definition) is 4. The van der Waals surface area contributed by atoms with E-state index in [0.717, 1.165) is 17.7 Å². The molecule has 1 amide bonds. The Morgan fingerprint density at radius 2 is 2.33 bits per heavy atom. The summed E-state index contributed by atoms with van der Waals surface area (Å²) in [6.45, 7) is 2.94. The second-order valence-corrected chi connectivity index (χ2v) is 4.40. The Morgan fingerprint density at radius 1 is 1.61 bits per heavy atom. The third kappa shape index (κ3) is 3.96. The van der Waals surface area contributed by atoms with Gasteiger partial charge in [0.1, 0.15) is 4.99 Å². The zero-order valence-electron chi connectivity index (χ0n) is 10.6. The summed E-state index contributed by atoms with van der Waals surface area (Å²) in [4.78, 5) is 17.7. The van der Waals surface area contributed by atoms with Crippen LogP contribution in [0.4, 0.5) is 5.69 Å². The van der Waals surface area contributed by atoms with Crippen LogP contribution < -0.4 is 16.0 Å². The van der Waals surface area contributed by atoms with E-state index in [9.17, 15) is 4.79 Å². The van der Waals surface area contributed by atoms with Crippen molar-refractivity contribution in [3.05, 3.63) is 24.0 Å². The fourth-order valence-electron chi connectivity index (χ4n) is 1.52. The van der Waals surface area contributed by atoms with Gasteiger partial charge in [0.15, 0.2) is 0 Å². The minimum atomic E-state index is -0.0305. The van der Waals surface area contributed by atoms with Gasteiger partial charge in [0.25, 0.3) is 0 Å². The molecule has 1 aromatic rings. The van der Waals surface area contributed by atoms with Gasteiger partial charge in [-0.25, -0.2) is 0 Å². The predicted molar refractivity (Wildman–Crippen MR) is 76.7 cm³/mol. The molecule has 0 radical (unpaired) electrons. The average molecular weight is 266 g/mol.